The first kappa shape index (κ1) is 10.7. The summed E-state index contributed by atoms with van der Waals surface area (Å²) >= 11 is 0. The molecule has 88 valence electrons. The maximum Gasteiger partial charge on any atom is 0.149 e. The van der Waals surface area contributed by atoms with Crippen molar-refractivity contribution in [3.05, 3.63) is 41.8 Å². The van der Waals surface area contributed by atoms with Crippen LogP contribution in [0.15, 0.2) is 30.5 Å². The summed E-state index contributed by atoms with van der Waals surface area (Å²) in [4.78, 5) is 4.16. The molecule has 1 aliphatic rings. The van der Waals surface area contributed by atoms with Gasteiger partial charge in [-0.15, -0.1) is 0 Å². The van der Waals surface area contributed by atoms with Crippen molar-refractivity contribution in [3.63, 3.8) is 0 Å². The minimum Gasteiger partial charge on any atom is -0.253 e. The first-order chi connectivity index (χ1) is 8.36. The normalized spacial score (nSPS) is 17.5. The molecule has 0 bridgehead atoms. The van der Waals surface area contributed by atoms with Crippen molar-refractivity contribution >= 4 is 10.9 Å². The number of aromatic nitrogens is 1. The number of fused-ring (bicyclic) bond motifs is 1. The molecular weight excluding hydrogens is 213 g/mol. The van der Waals surface area contributed by atoms with Crippen LogP contribution in [0, 0.1) is 5.82 Å². The Kier molecular flexibility index (Phi) is 2.79. The number of hydrogen-bond acceptors (Lipinski definition) is 1. The predicted molar refractivity (Wildman–Crippen MR) is 67.5 cm³/mol. The summed E-state index contributed by atoms with van der Waals surface area (Å²) in [6, 6.07) is 7.41. The van der Waals surface area contributed by atoms with E-state index < -0.39 is 0 Å². The molecule has 0 radical (unpaired) electrons. The van der Waals surface area contributed by atoms with Crippen molar-refractivity contribution in [1.82, 2.24) is 4.98 Å². The van der Waals surface area contributed by atoms with E-state index in [2.05, 4.69) is 4.98 Å². The zero-order chi connectivity index (χ0) is 11.7. The van der Waals surface area contributed by atoms with Crippen LogP contribution in [0.25, 0.3) is 10.9 Å². The quantitative estimate of drug-likeness (QED) is 0.705. The van der Waals surface area contributed by atoms with Gasteiger partial charge >= 0.3 is 0 Å². The lowest BCUT2D eigenvalue weighted by Crippen LogP contribution is -2.05. The van der Waals surface area contributed by atoms with E-state index in [1.54, 1.807) is 12.3 Å². The number of halogens is 1. The Balaban J connectivity index is 2.12. The lowest BCUT2D eigenvalue weighted by atomic mass is 9.82. The zero-order valence-corrected chi connectivity index (χ0v) is 9.82. The zero-order valence-electron chi connectivity index (χ0n) is 9.82. The third kappa shape index (κ3) is 1.92. The second-order valence-corrected chi connectivity index (χ2v) is 4.87. The fourth-order valence-corrected chi connectivity index (χ4v) is 2.93. The highest BCUT2D eigenvalue weighted by atomic mass is 19.1. The van der Waals surface area contributed by atoms with Crippen molar-refractivity contribution in [2.24, 2.45) is 0 Å². The summed E-state index contributed by atoms with van der Waals surface area (Å²) < 4.78 is 13.7. The molecule has 2 aromatic rings. The van der Waals surface area contributed by atoms with Crippen LogP contribution in [-0.4, -0.2) is 4.98 Å². The Bertz CT molecular complexity index is 529. The van der Waals surface area contributed by atoms with Gasteiger partial charge in [0.2, 0.25) is 0 Å². The maximum absolute atomic E-state index is 13.7. The van der Waals surface area contributed by atoms with Gasteiger partial charge in [-0.3, -0.25) is 4.98 Å². The summed E-state index contributed by atoms with van der Waals surface area (Å²) in [6.45, 7) is 0. The van der Waals surface area contributed by atoms with Gasteiger partial charge in [-0.2, -0.15) is 0 Å². The van der Waals surface area contributed by atoms with Gasteiger partial charge in [0.15, 0.2) is 0 Å². The van der Waals surface area contributed by atoms with E-state index in [1.807, 2.05) is 18.2 Å². The standard InChI is InChI=1S/C15H16FN/c16-14-9-8-12(11-5-2-1-3-6-11)13-7-4-10-17-15(13)14/h4,7-11H,1-3,5-6H2. The van der Waals surface area contributed by atoms with E-state index in [9.17, 15) is 4.39 Å². The van der Waals surface area contributed by atoms with E-state index >= 15 is 0 Å². The van der Waals surface area contributed by atoms with Crippen molar-refractivity contribution < 1.29 is 4.39 Å². The molecule has 0 spiro atoms. The molecule has 1 aromatic carbocycles. The summed E-state index contributed by atoms with van der Waals surface area (Å²) in [7, 11) is 0. The number of rotatable bonds is 1. The van der Waals surface area contributed by atoms with E-state index in [0.29, 0.717) is 11.4 Å². The van der Waals surface area contributed by atoms with Crippen LogP contribution >= 0.6 is 0 Å². The van der Waals surface area contributed by atoms with Crippen LogP contribution in [0.1, 0.15) is 43.6 Å². The highest BCUT2D eigenvalue weighted by Crippen LogP contribution is 2.36. The molecule has 1 fully saturated rings. The fraction of sp³-hybridized carbons (Fsp3) is 0.400. The molecule has 1 aromatic heterocycles. The molecule has 0 atom stereocenters. The van der Waals surface area contributed by atoms with E-state index in [0.717, 1.165) is 5.39 Å². The molecule has 1 nitrogen and oxygen atoms in total. The van der Waals surface area contributed by atoms with Crippen LogP contribution in [0.2, 0.25) is 0 Å². The van der Waals surface area contributed by atoms with Gasteiger partial charge in [-0.05, 0) is 36.5 Å². The van der Waals surface area contributed by atoms with Gasteiger partial charge in [-0.1, -0.05) is 31.4 Å². The van der Waals surface area contributed by atoms with E-state index in [1.165, 1.54) is 37.7 Å². The molecule has 17 heavy (non-hydrogen) atoms. The lowest BCUT2D eigenvalue weighted by molar-refractivity contribution is 0.445. The smallest absolute Gasteiger partial charge is 0.149 e. The maximum atomic E-state index is 13.7. The minimum absolute atomic E-state index is 0.208. The summed E-state index contributed by atoms with van der Waals surface area (Å²) in [5.74, 6) is 0.385. The van der Waals surface area contributed by atoms with E-state index in [4.69, 9.17) is 0 Å². The third-order valence-electron chi connectivity index (χ3n) is 3.80. The van der Waals surface area contributed by atoms with Gasteiger partial charge in [-0.25, -0.2) is 4.39 Å². The van der Waals surface area contributed by atoms with Crippen LogP contribution in [0.3, 0.4) is 0 Å². The molecule has 0 aliphatic heterocycles. The second-order valence-electron chi connectivity index (χ2n) is 4.87. The van der Waals surface area contributed by atoms with Gasteiger partial charge in [0.05, 0.1) is 0 Å². The molecule has 3 rings (SSSR count). The Morgan fingerprint density at radius 3 is 2.71 bits per heavy atom. The fourth-order valence-electron chi connectivity index (χ4n) is 2.93. The van der Waals surface area contributed by atoms with Crippen molar-refractivity contribution in [2.75, 3.05) is 0 Å². The molecule has 1 aliphatic carbocycles. The molecule has 0 N–H and O–H groups in total. The Morgan fingerprint density at radius 1 is 1.06 bits per heavy atom. The van der Waals surface area contributed by atoms with Crippen LogP contribution in [0.4, 0.5) is 4.39 Å². The predicted octanol–water partition coefficient (Wildman–Crippen LogP) is 4.42. The number of pyridine rings is 1. The first-order valence-corrected chi connectivity index (χ1v) is 6.39. The molecule has 0 amide bonds. The topological polar surface area (TPSA) is 12.9 Å². The largest absolute Gasteiger partial charge is 0.253 e. The lowest BCUT2D eigenvalue weighted by Gasteiger charge is -2.23. The number of benzene rings is 1. The SMILES string of the molecule is Fc1ccc(C2CCCCC2)c2cccnc12. The summed E-state index contributed by atoms with van der Waals surface area (Å²) in [5, 5.41) is 0.999. The Labute approximate surface area is 101 Å². The van der Waals surface area contributed by atoms with Gasteiger partial charge in [0.1, 0.15) is 11.3 Å². The molecule has 0 unspecified atom stereocenters. The van der Waals surface area contributed by atoms with Crippen molar-refractivity contribution in [3.8, 4) is 0 Å². The third-order valence-corrected chi connectivity index (χ3v) is 3.80. The summed E-state index contributed by atoms with van der Waals surface area (Å²) in [6.07, 6.45) is 8.06. The molecule has 0 saturated heterocycles. The van der Waals surface area contributed by atoms with Crippen LogP contribution in [-0.2, 0) is 0 Å². The number of nitrogens with zero attached hydrogens (tertiary/aromatic N) is 1. The molecule has 1 saturated carbocycles. The minimum atomic E-state index is -0.208. The van der Waals surface area contributed by atoms with Gasteiger partial charge in [0, 0.05) is 11.6 Å². The second kappa shape index (κ2) is 4.44. The highest BCUT2D eigenvalue weighted by Gasteiger charge is 2.18. The van der Waals surface area contributed by atoms with Crippen LogP contribution < -0.4 is 0 Å². The Morgan fingerprint density at radius 2 is 1.88 bits per heavy atom. The summed E-state index contributed by atoms with van der Waals surface area (Å²) in [5.41, 5.74) is 1.81. The highest BCUT2D eigenvalue weighted by molar-refractivity contribution is 5.83. The number of hydrogen-bond donors (Lipinski definition) is 0. The van der Waals surface area contributed by atoms with Gasteiger partial charge < -0.3 is 0 Å². The molecule has 1 heterocycles. The van der Waals surface area contributed by atoms with Gasteiger partial charge in [0.25, 0.3) is 0 Å². The monoisotopic (exact) mass is 229 g/mol. The average Bonchev–Trinajstić information content (AvgIpc) is 2.41. The molecule has 2 heteroatoms. The average molecular weight is 229 g/mol. The van der Waals surface area contributed by atoms with Crippen molar-refractivity contribution in [2.45, 2.75) is 38.0 Å². The first-order valence-electron chi connectivity index (χ1n) is 6.39. The molecular formula is C15H16FN. The van der Waals surface area contributed by atoms with Crippen LogP contribution in [0.5, 0.6) is 0 Å². The Hall–Kier alpha value is -1.44. The van der Waals surface area contributed by atoms with E-state index in [-0.39, 0.29) is 5.82 Å². The van der Waals surface area contributed by atoms with Crippen molar-refractivity contribution in [1.29, 1.82) is 0 Å².